The Morgan fingerprint density at radius 2 is 1.96 bits per heavy atom. The fraction of sp³-hybridized carbons (Fsp3) is 0.143. The third-order valence-corrected chi connectivity index (χ3v) is 6.79. The molecule has 0 aliphatic carbocycles. The number of rotatable bonds is 5. The molecule has 1 aliphatic heterocycles. The van der Waals surface area contributed by atoms with E-state index in [1.165, 1.54) is 5.56 Å². The quantitative estimate of drug-likeness (QED) is 0.517. The highest BCUT2D eigenvalue weighted by atomic mass is 79.9. The van der Waals surface area contributed by atoms with Gasteiger partial charge in [-0.1, -0.05) is 42.5 Å². The monoisotopic (exact) mass is 471 g/mol. The first-order valence-electron chi connectivity index (χ1n) is 8.85. The van der Waals surface area contributed by atoms with Crippen molar-refractivity contribution in [1.82, 2.24) is 9.88 Å². The molecular formula is C21H18BrN3OS2. The van der Waals surface area contributed by atoms with Gasteiger partial charge >= 0.3 is 0 Å². The van der Waals surface area contributed by atoms with Gasteiger partial charge in [-0.05, 0) is 39.7 Å². The minimum absolute atomic E-state index is 0.0152. The van der Waals surface area contributed by atoms with Gasteiger partial charge in [0.2, 0.25) is 0 Å². The molecule has 1 amide bonds. The lowest BCUT2D eigenvalue weighted by atomic mass is 10.2. The number of thioether (sulfide) groups is 1. The van der Waals surface area contributed by atoms with Crippen LogP contribution in [0.1, 0.15) is 21.6 Å². The van der Waals surface area contributed by atoms with Gasteiger partial charge in [0.05, 0.1) is 16.3 Å². The molecule has 28 heavy (non-hydrogen) atoms. The fourth-order valence-corrected chi connectivity index (χ4v) is 5.00. The van der Waals surface area contributed by atoms with Crippen LogP contribution in [0.5, 0.6) is 0 Å². The molecule has 1 N–H and O–H groups in total. The lowest BCUT2D eigenvalue weighted by Crippen LogP contribution is -2.27. The van der Waals surface area contributed by atoms with Crippen molar-refractivity contribution in [3.63, 3.8) is 0 Å². The van der Waals surface area contributed by atoms with Gasteiger partial charge in [0.15, 0.2) is 5.13 Å². The summed E-state index contributed by atoms with van der Waals surface area (Å²) >= 11 is 6.74. The van der Waals surface area contributed by atoms with Crippen LogP contribution in [-0.2, 0) is 6.54 Å². The molecule has 1 fully saturated rings. The number of aromatic nitrogens is 1. The lowest BCUT2D eigenvalue weighted by molar-refractivity contribution is 0.0830. The van der Waals surface area contributed by atoms with Crippen LogP contribution in [0.3, 0.4) is 0 Å². The highest BCUT2D eigenvalue weighted by Crippen LogP contribution is 2.33. The highest BCUT2D eigenvalue weighted by molar-refractivity contribution is 9.10. The summed E-state index contributed by atoms with van der Waals surface area (Å²) in [5.41, 5.74) is 2.77. The van der Waals surface area contributed by atoms with Crippen molar-refractivity contribution in [3.8, 4) is 0 Å². The van der Waals surface area contributed by atoms with Crippen LogP contribution in [0.2, 0.25) is 0 Å². The van der Waals surface area contributed by atoms with Crippen molar-refractivity contribution in [3.05, 3.63) is 86.3 Å². The molecule has 0 atom stereocenters. The zero-order valence-corrected chi connectivity index (χ0v) is 18.2. The van der Waals surface area contributed by atoms with Gasteiger partial charge in [0, 0.05) is 28.7 Å². The number of nitrogens with one attached hydrogen (secondary N) is 1. The summed E-state index contributed by atoms with van der Waals surface area (Å²) in [6, 6.07) is 17.8. The number of hydrogen-bond donors (Lipinski definition) is 1. The zero-order valence-electron chi connectivity index (χ0n) is 15.0. The number of benzene rings is 2. The van der Waals surface area contributed by atoms with Crippen LogP contribution in [-0.4, -0.2) is 28.1 Å². The Labute approximate surface area is 180 Å². The number of amides is 1. The molecule has 7 heteroatoms. The Morgan fingerprint density at radius 3 is 2.79 bits per heavy atom. The Hall–Kier alpha value is -2.09. The molecule has 4 rings (SSSR count). The summed E-state index contributed by atoms with van der Waals surface area (Å²) in [5, 5.41) is 7.19. The summed E-state index contributed by atoms with van der Waals surface area (Å²) in [4.78, 5) is 19.4. The molecule has 0 spiro atoms. The van der Waals surface area contributed by atoms with Crippen molar-refractivity contribution in [2.75, 3.05) is 17.6 Å². The van der Waals surface area contributed by atoms with E-state index >= 15 is 0 Å². The topological polar surface area (TPSA) is 45.2 Å². The van der Waals surface area contributed by atoms with Gasteiger partial charge < -0.3 is 10.2 Å². The number of halogens is 1. The Bertz CT molecular complexity index is 1000. The Morgan fingerprint density at radius 1 is 1.18 bits per heavy atom. The van der Waals surface area contributed by atoms with E-state index in [4.69, 9.17) is 0 Å². The van der Waals surface area contributed by atoms with Crippen LogP contribution >= 0.6 is 39.0 Å². The molecule has 142 valence electrons. The molecule has 2 aromatic carbocycles. The fourth-order valence-electron chi connectivity index (χ4n) is 2.86. The molecule has 0 saturated carbocycles. The van der Waals surface area contributed by atoms with Crippen molar-refractivity contribution in [1.29, 1.82) is 0 Å². The number of carbonyl (C=O) groups excluding carboxylic acids is 1. The average molecular weight is 472 g/mol. The van der Waals surface area contributed by atoms with Crippen molar-refractivity contribution in [2.45, 2.75) is 6.54 Å². The van der Waals surface area contributed by atoms with E-state index in [1.54, 1.807) is 23.1 Å². The number of hydrogen-bond acceptors (Lipinski definition) is 5. The van der Waals surface area contributed by atoms with Gasteiger partial charge in [-0.2, -0.15) is 0 Å². The predicted octanol–water partition coefficient (Wildman–Crippen LogP) is 5.71. The van der Waals surface area contributed by atoms with E-state index in [-0.39, 0.29) is 5.91 Å². The Balaban J connectivity index is 1.47. The lowest BCUT2D eigenvalue weighted by Gasteiger charge is -2.17. The molecule has 3 aromatic rings. The minimum atomic E-state index is 0.0152. The maximum Gasteiger partial charge on any atom is 0.259 e. The molecular weight excluding hydrogens is 454 g/mol. The first-order chi connectivity index (χ1) is 13.7. The smallest absolute Gasteiger partial charge is 0.259 e. The summed E-state index contributed by atoms with van der Waals surface area (Å²) in [6.07, 6.45) is 2.00. The largest absolute Gasteiger partial charge is 0.357 e. The van der Waals surface area contributed by atoms with E-state index in [0.29, 0.717) is 12.1 Å². The normalized spacial score (nSPS) is 15.2. The second-order valence-electron chi connectivity index (χ2n) is 6.18. The minimum Gasteiger partial charge on any atom is -0.357 e. The van der Waals surface area contributed by atoms with Crippen LogP contribution in [0.15, 0.2) is 69.5 Å². The molecule has 2 heterocycles. The molecule has 0 unspecified atom stereocenters. The number of thiazole rings is 1. The molecule has 0 radical (unpaired) electrons. The van der Waals surface area contributed by atoms with Gasteiger partial charge in [-0.15, -0.1) is 23.1 Å². The summed E-state index contributed by atoms with van der Waals surface area (Å²) in [6.45, 7) is 1.45. The third kappa shape index (κ3) is 4.48. The van der Waals surface area contributed by atoms with E-state index < -0.39 is 0 Å². The number of nitrogens with zero attached hydrogens (tertiary/aromatic N) is 2. The zero-order chi connectivity index (χ0) is 19.3. The Kier molecular flexibility index (Phi) is 6.14. The molecule has 1 saturated heterocycles. The maximum absolute atomic E-state index is 12.9. The molecule has 4 nitrogen and oxygen atoms in total. The van der Waals surface area contributed by atoms with E-state index in [9.17, 15) is 4.79 Å². The molecule has 1 aliphatic rings. The second kappa shape index (κ2) is 8.94. The van der Waals surface area contributed by atoms with Crippen LogP contribution in [0.25, 0.3) is 6.08 Å². The van der Waals surface area contributed by atoms with E-state index in [0.717, 1.165) is 32.6 Å². The van der Waals surface area contributed by atoms with Crippen LogP contribution in [0.4, 0.5) is 5.13 Å². The number of anilines is 1. The van der Waals surface area contributed by atoms with E-state index in [2.05, 4.69) is 38.4 Å². The summed E-state index contributed by atoms with van der Waals surface area (Å²) in [7, 11) is 0. The standard InChI is InChI=1S/C21H18BrN3OS2/c22-18-9-5-4-8-17(18)20(26)25-10-11-27-19(25)12-16-14-28-21(24-16)23-13-15-6-2-1-3-7-15/h1-9,12,14H,10-11,13H2,(H,23,24)/b19-12+. The average Bonchev–Trinajstić information content (AvgIpc) is 3.37. The molecule has 1 aromatic heterocycles. The van der Waals surface area contributed by atoms with E-state index in [1.807, 2.05) is 58.8 Å². The second-order valence-corrected chi connectivity index (χ2v) is 9.01. The molecule has 0 bridgehead atoms. The predicted molar refractivity (Wildman–Crippen MR) is 121 cm³/mol. The van der Waals surface area contributed by atoms with Crippen molar-refractivity contribution >= 4 is 56.1 Å². The van der Waals surface area contributed by atoms with Gasteiger partial charge in [-0.3, -0.25) is 4.79 Å². The maximum atomic E-state index is 12.9. The summed E-state index contributed by atoms with van der Waals surface area (Å²) in [5.74, 6) is 0.909. The van der Waals surface area contributed by atoms with Crippen molar-refractivity contribution < 1.29 is 4.79 Å². The first-order valence-corrected chi connectivity index (χ1v) is 11.5. The number of carbonyl (C=O) groups is 1. The van der Waals surface area contributed by atoms with Crippen LogP contribution in [0, 0.1) is 0 Å². The first kappa shape index (κ1) is 19.2. The van der Waals surface area contributed by atoms with Crippen LogP contribution < -0.4 is 5.32 Å². The van der Waals surface area contributed by atoms with Gasteiger partial charge in [0.1, 0.15) is 0 Å². The van der Waals surface area contributed by atoms with Gasteiger partial charge in [-0.25, -0.2) is 4.98 Å². The SMILES string of the molecule is O=C(c1ccccc1Br)N1CCS/C1=C/c1csc(NCc2ccccc2)n1. The van der Waals surface area contributed by atoms with Crippen molar-refractivity contribution in [2.24, 2.45) is 0 Å². The van der Waals surface area contributed by atoms with Gasteiger partial charge in [0.25, 0.3) is 5.91 Å². The third-order valence-electron chi connectivity index (χ3n) is 4.26. The summed E-state index contributed by atoms with van der Waals surface area (Å²) < 4.78 is 0.817. The highest BCUT2D eigenvalue weighted by Gasteiger charge is 2.26.